The van der Waals surface area contributed by atoms with Gasteiger partial charge in [0.2, 0.25) is 0 Å². The summed E-state index contributed by atoms with van der Waals surface area (Å²) in [5.74, 6) is -0.176. The van der Waals surface area contributed by atoms with Crippen LogP contribution in [0.15, 0.2) is 48.5 Å². The van der Waals surface area contributed by atoms with Crippen molar-refractivity contribution in [3.8, 4) is 0 Å². The first-order chi connectivity index (χ1) is 10.3. The van der Waals surface area contributed by atoms with E-state index >= 15 is 0 Å². The smallest absolute Gasteiger partial charge is 0.147 e. The van der Waals surface area contributed by atoms with E-state index in [0.29, 0.717) is 12.2 Å². The predicted molar refractivity (Wildman–Crippen MR) is 92.4 cm³/mol. The van der Waals surface area contributed by atoms with Crippen molar-refractivity contribution in [1.82, 2.24) is 0 Å². The highest BCUT2D eigenvalue weighted by Gasteiger charge is 2.25. The summed E-state index contributed by atoms with van der Waals surface area (Å²) in [5, 5.41) is 0.964. The Morgan fingerprint density at radius 3 is 2.52 bits per heavy atom. The normalized spacial score (nSPS) is 14.2. The molecule has 2 aromatic carbocycles. The first-order valence-corrected chi connectivity index (χ1v) is 8.76. The molecular formula is C16H16BrFN2S. The Labute approximate surface area is 137 Å². The van der Waals surface area contributed by atoms with Crippen molar-refractivity contribution >= 4 is 39.4 Å². The summed E-state index contributed by atoms with van der Waals surface area (Å²) in [5.41, 5.74) is 3.10. The Morgan fingerprint density at radius 1 is 1.05 bits per heavy atom. The number of para-hydroxylation sites is 2. The van der Waals surface area contributed by atoms with Crippen LogP contribution in [0.25, 0.3) is 0 Å². The lowest BCUT2D eigenvalue weighted by Gasteiger charge is -2.37. The van der Waals surface area contributed by atoms with Crippen LogP contribution in [0.1, 0.15) is 12.0 Å². The molecule has 0 saturated heterocycles. The fourth-order valence-electron chi connectivity index (χ4n) is 2.38. The molecule has 5 heteroatoms. The van der Waals surface area contributed by atoms with Gasteiger partial charge in [0.1, 0.15) is 5.82 Å². The summed E-state index contributed by atoms with van der Waals surface area (Å²) in [7, 11) is 0. The largest absolute Gasteiger partial charge is 0.298 e. The quantitative estimate of drug-likeness (QED) is 0.555. The maximum atomic E-state index is 14.0. The third-order valence-electron chi connectivity index (χ3n) is 3.39. The average molecular weight is 367 g/mol. The van der Waals surface area contributed by atoms with Gasteiger partial charge in [0.05, 0.1) is 30.1 Å². The highest BCUT2D eigenvalue weighted by Crippen LogP contribution is 2.39. The van der Waals surface area contributed by atoms with Gasteiger partial charge in [0.15, 0.2) is 0 Å². The molecule has 0 aromatic heterocycles. The predicted octanol–water partition coefficient (Wildman–Crippen LogP) is 5.00. The summed E-state index contributed by atoms with van der Waals surface area (Å²) in [4.78, 5) is 0. The van der Waals surface area contributed by atoms with Crippen LogP contribution in [0.3, 0.4) is 0 Å². The molecule has 1 aliphatic rings. The Kier molecular flexibility index (Phi) is 4.70. The molecule has 0 bridgehead atoms. The number of hydrogen-bond acceptors (Lipinski definition) is 3. The van der Waals surface area contributed by atoms with Crippen molar-refractivity contribution in [2.24, 2.45) is 0 Å². The molecule has 0 amide bonds. The van der Waals surface area contributed by atoms with E-state index in [1.165, 1.54) is 17.3 Å². The van der Waals surface area contributed by atoms with Crippen molar-refractivity contribution in [2.45, 2.75) is 13.0 Å². The molecule has 0 aliphatic carbocycles. The van der Waals surface area contributed by atoms with Gasteiger partial charge in [0.25, 0.3) is 0 Å². The van der Waals surface area contributed by atoms with Crippen LogP contribution >= 0.6 is 28.1 Å². The van der Waals surface area contributed by atoms with Crippen LogP contribution < -0.4 is 8.61 Å². The monoisotopic (exact) mass is 366 g/mol. The standard InChI is InChI=1S/C16H16BrFN2S/c17-10-5-11-19-15-8-3-1-6-13(15)12-20(21-19)16-9-4-2-7-14(16)18/h1-4,6-9H,5,10-12H2. The minimum atomic E-state index is -0.176. The van der Waals surface area contributed by atoms with Gasteiger partial charge in [-0.05, 0) is 30.2 Å². The Morgan fingerprint density at radius 2 is 1.76 bits per heavy atom. The van der Waals surface area contributed by atoms with Crippen molar-refractivity contribution in [3.05, 3.63) is 59.9 Å². The fourth-order valence-corrected chi connectivity index (χ4v) is 3.78. The minimum absolute atomic E-state index is 0.176. The van der Waals surface area contributed by atoms with Gasteiger partial charge in [-0.3, -0.25) is 8.61 Å². The molecule has 110 valence electrons. The van der Waals surface area contributed by atoms with E-state index < -0.39 is 0 Å². The maximum absolute atomic E-state index is 14.0. The minimum Gasteiger partial charge on any atom is -0.298 e. The number of anilines is 2. The van der Waals surface area contributed by atoms with Crippen LogP contribution in [0, 0.1) is 5.82 Å². The summed E-state index contributed by atoms with van der Waals surface area (Å²) in [6.45, 7) is 1.64. The van der Waals surface area contributed by atoms with Crippen molar-refractivity contribution in [1.29, 1.82) is 0 Å². The zero-order valence-electron chi connectivity index (χ0n) is 11.5. The molecule has 0 spiro atoms. The Balaban J connectivity index is 1.91. The molecule has 2 aromatic rings. The number of rotatable bonds is 4. The third kappa shape index (κ3) is 3.19. The number of halogens is 2. The summed E-state index contributed by atoms with van der Waals surface area (Å²) < 4.78 is 18.3. The first kappa shape index (κ1) is 14.7. The summed E-state index contributed by atoms with van der Waals surface area (Å²) in [6, 6.07) is 15.3. The van der Waals surface area contributed by atoms with E-state index in [9.17, 15) is 4.39 Å². The van der Waals surface area contributed by atoms with E-state index in [1.54, 1.807) is 18.2 Å². The summed E-state index contributed by atoms with van der Waals surface area (Å²) >= 11 is 5.07. The number of benzene rings is 2. The topological polar surface area (TPSA) is 6.48 Å². The maximum Gasteiger partial charge on any atom is 0.147 e. The number of fused-ring (bicyclic) bond motifs is 1. The lowest BCUT2D eigenvalue weighted by Crippen LogP contribution is -2.31. The second-order valence-electron chi connectivity index (χ2n) is 4.84. The molecule has 0 fully saturated rings. The van der Waals surface area contributed by atoms with Gasteiger partial charge >= 0.3 is 0 Å². The molecule has 0 radical (unpaired) electrons. The van der Waals surface area contributed by atoms with E-state index in [4.69, 9.17) is 0 Å². The third-order valence-corrected chi connectivity index (χ3v) is 5.05. The molecule has 3 rings (SSSR count). The lowest BCUT2D eigenvalue weighted by atomic mass is 10.1. The highest BCUT2D eigenvalue weighted by atomic mass is 79.9. The SMILES string of the molecule is Fc1ccccc1N1Cc2ccccc2N(CCCBr)S1. The van der Waals surface area contributed by atoms with Gasteiger partial charge < -0.3 is 0 Å². The number of nitrogens with zero attached hydrogens (tertiary/aromatic N) is 2. The Hall–Kier alpha value is -1.20. The first-order valence-electron chi connectivity index (χ1n) is 6.91. The number of hydrogen-bond donors (Lipinski definition) is 0. The van der Waals surface area contributed by atoms with Gasteiger partial charge in [-0.25, -0.2) is 4.39 Å². The second kappa shape index (κ2) is 6.71. The van der Waals surface area contributed by atoms with E-state index in [-0.39, 0.29) is 5.82 Å². The van der Waals surface area contributed by atoms with E-state index in [0.717, 1.165) is 18.3 Å². The molecule has 0 atom stereocenters. The summed E-state index contributed by atoms with van der Waals surface area (Å²) in [6.07, 6.45) is 1.05. The molecular weight excluding hydrogens is 351 g/mol. The number of alkyl halides is 1. The molecule has 0 saturated carbocycles. The molecule has 0 unspecified atom stereocenters. The van der Waals surface area contributed by atoms with Crippen LogP contribution in [0.2, 0.25) is 0 Å². The fraction of sp³-hybridized carbons (Fsp3) is 0.250. The highest BCUT2D eigenvalue weighted by molar-refractivity contribution is 9.09. The van der Waals surface area contributed by atoms with Gasteiger partial charge in [-0.2, -0.15) is 0 Å². The van der Waals surface area contributed by atoms with Crippen LogP contribution in [-0.2, 0) is 6.54 Å². The second-order valence-corrected chi connectivity index (χ2v) is 6.68. The van der Waals surface area contributed by atoms with Gasteiger partial charge in [-0.15, -0.1) is 0 Å². The zero-order valence-corrected chi connectivity index (χ0v) is 13.9. The van der Waals surface area contributed by atoms with Crippen LogP contribution in [0.5, 0.6) is 0 Å². The van der Waals surface area contributed by atoms with E-state index in [2.05, 4.69) is 38.4 Å². The molecule has 2 nitrogen and oxygen atoms in total. The molecule has 21 heavy (non-hydrogen) atoms. The van der Waals surface area contributed by atoms with E-state index in [1.807, 2.05) is 22.5 Å². The van der Waals surface area contributed by atoms with Crippen molar-refractivity contribution in [3.63, 3.8) is 0 Å². The molecule has 1 aliphatic heterocycles. The molecule has 1 heterocycles. The van der Waals surface area contributed by atoms with Crippen LogP contribution in [0.4, 0.5) is 15.8 Å². The lowest BCUT2D eigenvalue weighted by molar-refractivity contribution is 0.627. The Bertz CT molecular complexity index is 623. The molecule has 0 N–H and O–H groups in total. The average Bonchev–Trinajstić information content (AvgIpc) is 2.53. The van der Waals surface area contributed by atoms with Gasteiger partial charge in [-0.1, -0.05) is 46.3 Å². The zero-order chi connectivity index (χ0) is 14.7. The van der Waals surface area contributed by atoms with Crippen LogP contribution in [-0.4, -0.2) is 11.9 Å². The van der Waals surface area contributed by atoms with Gasteiger partial charge in [0, 0.05) is 11.9 Å². The van der Waals surface area contributed by atoms with Crippen molar-refractivity contribution in [2.75, 3.05) is 20.5 Å². The van der Waals surface area contributed by atoms with Crippen molar-refractivity contribution < 1.29 is 4.39 Å².